The van der Waals surface area contributed by atoms with E-state index in [-0.39, 0.29) is 5.91 Å². The van der Waals surface area contributed by atoms with E-state index in [0.29, 0.717) is 27.6 Å². The predicted molar refractivity (Wildman–Crippen MR) is 121 cm³/mol. The fourth-order valence-electron chi connectivity index (χ4n) is 2.76. The van der Waals surface area contributed by atoms with Crippen molar-refractivity contribution in [3.63, 3.8) is 0 Å². The lowest BCUT2D eigenvalue weighted by atomic mass is 10.1. The molecule has 1 fully saturated rings. The number of aliphatic imine (C=N–C) groups is 1. The minimum absolute atomic E-state index is 0.00287. The number of amides is 1. The van der Waals surface area contributed by atoms with Crippen LogP contribution >= 0.6 is 23.4 Å². The average molecular weight is 414 g/mol. The molecule has 0 bridgehead atoms. The number of halogens is 1. The quantitative estimate of drug-likeness (QED) is 0.593. The number of benzene rings is 2. The molecule has 0 aromatic heterocycles. The van der Waals surface area contributed by atoms with Gasteiger partial charge in [0.25, 0.3) is 5.91 Å². The topological polar surface area (TPSA) is 35.9 Å². The smallest absolute Gasteiger partial charge is 0.266 e. The monoisotopic (exact) mass is 413 g/mol. The van der Waals surface area contributed by atoms with Crippen LogP contribution in [0.5, 0.6) is 0 Å². The van der Waals surface area contributed by atoms with Gasteiger partial charge in [0.15, 0.2) is 5.17 Å². The summed E-state index contributed by atoms with van der Waals surface area (Å²) in [6.07, 6.45) is 1.93. The summed E-state index contributed by atoms with van der Waals surface area (Å²) in [5.74, 6) is 0.349. The Hall–Kier alpha value is -2.24. The zero-order valence-electron chi connectivity index (χ0n) is 16.5. The number of carbonyl (C=O) groups excluding carboxylic acids is 1. The molecule has 2 aromatic carbocycles. The van der Waals surface area contributed by atoms with Gasteiger partial charge < -0.3 is 4.90 Å². The van der Waals surface area contributed by atoms with Crippen molar-refractivity contribution in [2.24, 2.45) is 10.9 Å². The minimum atomic E-state index is 0.00287. The third kappa shape index (κ3) is 4.97. The van der Waals surface area contributed by atoms with Crippen molar-refractivity contribution >= 4 is 51.9 Å². The number of carbonyl (C=O) groups is 1. The molecule has 1 aliphatic rings. The number of hydrogen-bond donors (Lipinski definition) is 0. The standard InChI is InChI=1S/C22H24ClN3OS/c1-15(2)14-26-21(27)20(13-16-5-11-19(12-6-16)25(3)4)28-22(26)24-18-9-7-17(23)8-10-18/h5-13,15H,14H2,1-4H3/b20-13-,24-22?. The Morgan fingerprint density at radius 3 is 2.32 bits per heavy atom. The molecule has 0 aliphatic carbocycles. The van der Waals surface area contributed by atoms with Crippen LogP contribution in [-0.2, 0) is 4.79 Å². The highest BCUT2D eigenvalue weighted by Gasteiger charge is 2.33. The van der Waals surface area contributed by atoms with Crippen LogP contribution in [0.4, 0.5) is 11.4 Å². The Morgan fingerprint density at radius 1 is 1.11 bits per heavy atom. The third-order valence-corrected chi connectivity index (χ3v) is 5.45. The summed E-state index contributed by atoms with van der Waals surface area (Å²) in [6, 6.07) is 15.5. The van der Waals surface area contributed by atoms with Gasteiger partial charge in [0.05, 0.1) is 10.6 Å². The Balaban J connectivity index is 1.91. The number of thioether (sulfide) groups is 1. The normalized spacial score (nSPS) is 17.2. The molecule has 0 unspecified atom stereocenters. The van der Waals surface area contributed by atoms with Gasteiger partial charge in [0.2, 0.25) is 0 Å². The second-order valence-electron chi connectivity index (χ2n) is 7.28. The first kappa shape index (κ1) is 20.5. The molecular formula is C22H24ClN3OS. The van der Waals surface area contributed by atoms with E-state index in [1.807, 2.05) is 61.5 Å². The van der Waals surface area contributed by atoms with Crippen LogP contribution in [0.25, 0.3) is 6.08 Å². The Bertz CT molecular complexity index is 902. The van der Waals surface area contributed by atoms with E-state index >= 15 is 0 Å². The Morgan fingerprint density at radius 2 is 1.75 bits per heavy atom. The van der Waals surface area contributed by atoms with Crippen LogP contribution in [0.3, 0.4) is 0 Å². The largest absolute Gasteiger partial charge is 0.378 e. The van der Waals surface area contributed by atoms with Crippen molar-refractivity contribution in [2.45, 2.75) is 13.8 Å². The SMILES string of the molecule is CC(C)CN1C(=O)/C(=C/c2ccc(N(C)C)cc2)SC1=Nc1ccc(Cl)cc1. The van der Waals surface area contributed by atoms with Crippen LogP contribution in [-0.4, -0.2) is 36.6 Å². The van der Waals surface area contributed by atoms with Gasteiger partial charge in [0, 0.05) is 31.4 Å². The molecule has 28 heavy (non-hydrogen) atoms. The van der Waals surface area contributed by atoms with Gasteiger partial charge in [-0.05, 0) is 65.7 Å². The lowest BCUT2D eigenvalue weighted by Gasteiger charge is -2.17. The van der Waals surface area contributed by atoms with E-state index in [9.17, 15) is 4.79 Å². The first-order valence-corrected chi connectivity index (χ1v) is 10.4. The lowest BCUT2D eigenvalue weighted by Crippen LogP contribution is -2.32. The number of anilines is 1. The second kappa shape index (κ2) is 8.84. The molecule has 1 amide bonds. The molecule has 0 atom stereocenters. The summed E-state index contributed by atoms with van der Waals surface area (Å²) in [4.78, 5) is 22.2. The lowest BCUT2D eigenvalue weighted by molar-refractivity contribution is -0.122. The van der Waals surface area contributed by atoms with E-state index in [2.05, 4.69) is 13.8 Å². The summed E-state index contributed by atoms with van der Waals surface area (Å²) in [5.41, 5.74) is 2.91. The Kier molecular flexibility index (Phi) is 6.47. The molecule has 2 aromatic rings. The first-order chi connectivity index (χ1) is 13.3. The van der Waals surface area contributed by atoms with Crippen LogP contribution in [0.15, 0.2) is 58.4 Å². The molecule has 1 heterocycles. The molecule has 0 spiro atoms. The van der Waals surface area contributed by atoms with E-state index < -0.39 is 0 Å². The van der Waals surface area contributed by atoms with Gasteiger partial charge in [-0.1, -0.05) is 37.6 Å². The summed E-state index contributed by atoms with van der Waals surface area (Å²) in [6.45, 7) is 4.83. The summed E-state index contributed by atoms with van der Waals surface area (Å²) >= 11 is 7.38. The van der Waals surface area contributed by atoms with Crippen molar-refractivity contribution in [1.82, 2.24) is 4.90 Å². The molecule has 1 aliphatic heterocycles. The highest BCUT2D eigenvalue weighted by Crippen LogP contribution is 2.35. The van der Waals surface area contributed by atoms with Gasteiger partial charge in [-0.15, -0.1) is 0 Å². The fourth-order valence-corrected chi connectivity index (χ4v) is 3.90. The second-order valence-corrected chi connectivity index (χ2v) is 8.72. The number of amidine groups is 1. The number of hydrogen-bond acceptors (Lipinski definition) is 4. The van der Waals surface area contributed by atoms with Gasteiger partial charge in [-0.25, -0.2) is 4.99 Å². The van der Waals surface area contributed by atoms with Crippen molar-refractivity contribution < 1.29 is 4.79 Å². The number of nitrogens with zero attached hydrogens (tertiary/aromatic N) is 3. The average Bonchev–Trinajstić information content (AvgIpc) is 2.92. The highest BCUT2D eigenvalue weighted by molar-refractivity contribution is 8.18. The van der Waals surface area contributed by atoms with Crippen LogP contribution in [0.2, 0.25) is 5.02 Å². The molecule has 4 nitrogen and oxygen atoms in total. The van der Waals surface area contributed by atoms with Crippen molar-refractivity contribution in [2.75, 3.05) is 25.5 Å². The van der Waals surface area contributed by atoms with Gasteiger partial charge in [-0.3, -0.25) is 9.69 Å². The fraction of sp³-hybridized carbons (Fsp3) is 0.273. The molecule has 0 radical (unpaired) electrons. The van der Waals surface area contributed by atoms with Crippen molar-refractivity contribution in [3.05, 3.63) is 64.0 Å². The summed E-state index contributed by atoms with van der Waals surface area (Å²) in [7, 11) is 4.01. The summed E-state index contributed by atoms with van der Waals surface area (Å²) < 4.78 is 0. The van der Waals surface area contributed by atoms with Crippen molar-refractivity contribution in [1.29, 1.82) is 0 Å². The number of rotatable bonds is 5. The van der Waals surface area contributed by atoms with E-state index in [1.54, 1.807) is 17.0 Å². The van der Waals surface area contributed by atoms with E-state index in [0.717, 1.165) is 16.9 Å². The van der Waals surface area contributed by atoms with Gasteiger partial charge in [0.1, 0.15) is 0 Å². The van der Waals surface area contributed by atoms with Gasteiger partial charge in [-0.2, -0.15) is 0 Å². The molecule has 1 saturated heterocycles. The van der Waals surface area contributed by atoms with E-state index in [4.69, 9.17) is 16.6 Å². The maximum absolute atomic E-state index is 13.0. The predicted octanol–water partition coefficient (Wildman–Crippen LogP) is 5.67. The zero-order chi connectivity index (χ0) is 20.3. The molecule has 0 saturated carbocycles. The molecule has 0 N–H and O–H groups in total. The van der Waals surface area contributed by atoms with Gasteiger partial charge >= 0.3 is 0 Å². The zero-order valence-corrected chi connectivity index (χ0v) is 18.1. The highest BCUT2D eigenvalue weighted by atomic mass is 35.5. The van der Waals surface area contributed by atoms with Crippen LogP contribution in [0.1, 0.15) is 19.4 Å². The Labute approximate surface area is 175 Å². The molecule has 6 heteroatoms. The third-order valence-electron chi connectivity index (χ3n) is 4.19. The molecule has 146 valence electrons. The van der Waals surface area contributed by atoms with Crippen molar-refractivity contribution in [3.8, 4) is 0 Å². The van der Waals surface area contributed by atoms with Crippen LogP contribution in [0, 0.1) is 5.92 Å². The minimum Gasteiger partial charge on any atom is -0.378 e. The van der Waals surface area contributed by atoms with E-state index in [1.165, 1.54) is 11.8 Å². The maximum Gasteiger partial charge on any atom is 0.266 e. The summed E-state index contributed by atoms with van der Waals surface area (Å²) in [5, 5.41) is 1.37. The first-order valence-electron chi connectivity index (χ1n) is 9.16. The molecular weight excluding hydrogens is 390 g/mol. The maximum atomic E-state index is 13.0. The van der Waals surface area contributed by atoms with Crippen LogP contribution < -0.4 is 4.90 Å². The molecule has 3 rings (SSSR count).